The minimum atomic E-state index is -1.27. The number of halogens is 3. The molecule has 0 aromatic carbocycles. The van der Waals surface area contributed by atoms with E-state index in [2.05, 4.69) is 15.5 Å². The van der Waals surface area contributed by atoms with Crippen molar-refractivity contribution in [3.8, 4) is 0 Å². The number of carboxylic acid groups (broad SMARTS) is 1. The highest BCUT2D eigenvalue weighted by Gasteiger charge is 2.30. The quantitative estimate of drug-likeness (QED) is 0.780. The average molecular weight is 382 g/mol. The Balaban J connectivity index is 2.67. The van der Waals surface area contributed by atoms with Crippen molar-refractivity contribution in [2.45, 2.75) is 19.4 Å². The van der Waals surface area contributed by atoms with Crippen LogP contribution < -0.4 is 5.32 Å². The van der Waals surface area contributed by atoms with Gasteiger partial charge in [-0.1, -0.05) is 0 Å². The van der Waals surface area contributed by atoms with E-state index in [1.807, 2.05) is 0 Å². The van der Waals surface area contributed by atoms with Gasteiger partial charge in [0.2, 0.25) is 0 Å². The van der Waals surface area contributed by atoms with E-state index in [0.717, 1.165) is 10.6 Å². The normalized spacial score (nSPS) is 11.8. The van der Waals surface area contributed by atoms with Crippen molar-refractivity contribution in [2.24, 2.45) is 0 Å². The smallest absolute Gasteiger partial charge is 0.405 e. The summed E-state index contributed by atoms with van der Waals surface area (Å²) in [5.41, 5.74) is -1.29. The first kappa shape index (κ1) is 13.9. The number of rotatable bonds is 2. The van der Waals surface area contributed by atoms with E-state index in [-0.39, 0.29) is 15.0 Å². The molecule has 0 saturated heterocycles. The minimum Gasteiger partial charge on any atom is -0.465 e. The van der Waals surface area contributed by atoms with Crippen molar-refractivity contribution in [1.82, 2.24) is 19.9 Å². The van der Waals surface area contributed by atoms with Gasteiger partial charge in [0.25, 0.3) is 0 Å². The Hall–Kier alpha value is -1.52. The van der Waals surface area contributed by atoms with Crippen LogP contribution in [0.3, 0.4) is 0 Å². The van der Waals surface area contributed by atoms with E-state index < -0.39 is 23.3 Å². The van der Waals surface area contributed by atoms with Gasteiger partial charge < -0.3 is 10.4 Å². The van der Waals surface area contributed by atoms with E-state index in [1.54, 1.807) is 0 Å². The molecule has 2 heterocycles. The van der Waals surface area contributed by atoms with E-state index in [1.165, 1.54) is 36.4 Å². The summed E-state index contributed by atoms with van der Waals surface area (Å²) in [7, 11) is 0. The molecule has 1 amide bonds. The van der Waals surface area contributed by atoms with Crippen LogP contribution in [0.5, 0.6) is 0 Å². The monoisotopic (exact) mass is 382 g/mol. The van der Waals surface area contributed by atoms with Gasteiger partial charge in [0, 0.05) is 6.20 Å². The molecule has 9 heteroatoms. The molecule has 0 radical (unpaired) electrons. The van der Waals surface area contributed by atoms with E-state index in [4.69, 9.17) is 5.11 Å². The van der Waals surface area contributed by atoms with Gasteiger partial charge in [0.05, 0.1) is 9.11 Å². The molecule has 2 aromatic rings. The van der Waals surface area contributed by atoms with Crippen LogP contribution in [0.1, 0.15) is 19.7 Å². The second-order valence-electron chi connectivity index (χ2n) is 4.38. The zero-order chi connectivity index (χ0) is 14.4. The van der Waals surface area contributed by atoms with E-state index in [9.17, 15) is 13.6 Å². The zero-order valence-corrected chi connectivity index (χ0v) is 12.1. The fourth-order valence-electron chi connectivity index (χ4n) is 1.69. The molecular formula is C10H9F2IN4O2. The summed E-state index contributed by atoms with van der Waals surface area (Å²) in [5.74, 6) is -1.50. The molecule has 0 unspecified atom stereocenters. The first-order chi connectivity index (χ1) is 8.74. The van der Waals surface area contributed by atoms with Crippen LogP contribution in [-0.4, -0.2) is 25.8 Å². The number of amides is 1. The number of pyridine rings is 1. The molecule has 0 fully saturated rings. The molecule has 102 valence electrons. The standard InChI is InChI=1S/C10H9F2IN4O2/c1-10(2,14-9(18)19)8-16-15-7-5(12)6(13)4(11)3-17(7)8/h3,14H,1-2H3,(H,18,19). The molecule has 0 aliphatic rings. The summed E-state index contributed by atoms with van der Waals surface area (Å²) in [6.07, 6.45) is -0.242. The zero-order valence-electron chi connectivity index (χ0n) is 9.91. The topological polar surface area (TPSA) is 79.5 Å². The highest BCUT2D eigenvalue weighted by atomic mass is 127. The van der Waals surface area contributed by atoms with Gasteiger partial charge in [-0.25, -0.2) is 13.6 Å². The number of hydrogen-bond acceptors (Lipinski definition) is 3. The maximum absolute atomic E-state index is 13.8. The molecule has 0 aliphatic carbocycles. The Kier molecular flexibility index (Phi) is 3.32. The Morgan fingerprint density at radius 3 is 2.68 bits per heavy atom. The van der Waals surface area contributed by atoms with Crippen LogP contribution in [0.4, 0.5) is 13.6 Å². The molecule has 0 atom stereocenters. The van der Waals surface area contributed by atoms with Crippen molar-refractivity contribution in [1.29, 1.82) is 0 Å². The molecule has 0 bridgehead atoms. The maximum atomic E-state index is 13.8. The molecule has 19 heavy (non-hydrogen) atoms. The molecule has 2 rings (SSSR count). The maximum Gasteiger partial charge on any atom is 0.405 e. The van der Waals surface area contributed by atoms with Crippen LogP contribution in [0.2, 0.25) is 0 Å². The summed E-state index contributed by atoms with van der Waals surface area (Å²) >= 11 is 1.53. The lowest BCUT2D eigenvalue weighted by atomic mass is 10.1. The fraction of sp³-hybridized carbons (Fsp3) is 0.300. The number of nitrogens with zero attached hydrogens (tertiary/aromatic N) is 3. The third-order valence-corrected chi connectivity index (χ3v) is 3.50. The summed E-state index contributed by atoms with van der Waals surface area (Å²) < 4.78 is 28.3. The van der Waals surface area contributed by atoms with Crippen molar-refractivity contribution < 1.29 is 18.7 Å². The number of aromatic nitrogens is 3. The van der Waals surface area contributed by atoms with Gasteiger partial charge in [-0.3, -0.25) is 4.40 Å². The average Bonchev–Trinajstić information content (AvgIpc) is 2.68. The summed E-state index contributed by atoms with van der Waals surface area (Å²) in [6.45, 7) is 3.04. The first-order valence-electron chi connectivity index (χ1n) is 5.14. The van der Waals surface area contributed by atoms with Gasteiger partial charge in [-0.15, -0.1) is 10.2 Å². The largest absolute Gasteiger partial charge is 0.465 e. The summed E-state index contributed by atoms with van der Waals surface area (Å²) in [5, 5.41) is 18.3. The third-order valence-electron chi connectivity index (χ3n) is 2.52. The lowest BCUT2D eigenvalue weighted by molar-refractivity contribution is 0.180. The van der Waals surface area contributed by atoms with E-state index >= 15 is 0 Å². The van der Waals surface area contributed by atoms with Crippen molar-refractivity contribution >= 4 is 34.3 Å². The number of hydrogen-bond donors (Lipinski definition) is 2. The minimum absolute atomic E-state index is 0.0964. The molecule has 0 spiro atoms. The second kappa shape index (κ2) is 4.54. The van der Waals surface area contributed by atoms with Crippen molar-refractivity contribution in [3.63, 3.8) is 0 Å². The molecule has 2 N–H and O–H groups in total. The lowest BCUT2D eigenvalue weighted by Gasteiger charge is -2.22. The molecule has 0 saturated carbocycles. The SMILES string of the molecule is CC(C)(NC(=O)O)c1nnc2c(F)c(I)c(F)cn12. The number of fused-ring (bicyclic) bond motifs is 1. The third kappa shape index (κ3) is 2.33. The number of carbonyl (C=O) groups is 1. The predicted octanol–water partition coefficient (Wildman–Crippen LogP) is 2.11. The first-order valence-corrected chi connectivity index (χ1v) is 6.21. The number of nitrogens with one attached hydrogen (secondary N) is 1. The second-order valence-corrected chi connectivity index (χ2v) is 5.46. The van der Waals surface area contributed by atoms with E-state index in [0.29, 0.717) is 0 Å². The summed E-state index contributed by atoms with van der Waals surface area (Å²) in [6, 6.07) is 0. The molecular weight excluding hydrogens is 373 g/mol. The van der Waals surface area contributed by atoms with Crippen LogP contribution in [0.15, 0.2) is 6.20 Å². The van der Waals surface area contributed by atoms with Crippen LogP contribution in [0.25, 0.3) is 5.65 Å². The van der Waals surface area contributed by atoms with Gasteiger partial charge in [0.1, 0.15) is 0 Å². The Morgan fingerprint density at radius 1 is 1.47 bits per heavy atom. The Morgan fingerprint density at radius 2 is 2.11 bits per heavy atom. The Bertz CT molecular complexity index is 671. The molecule has 2 aromatic heterocycles. The highest BCUT2D eigenvalue weighted by Crippen LogP contribution is 2.24. The lowest BCUT2D eigenvalue weighted by Crippen LogP contribution is -2.41. The highest BCUT2D eigenvalue weighted by molar-refractivity contribution is 14.1. The Labute approximate surface area is 120 Å². The predicted molar refractivity (Wildman–Crippen MR) is 69.8 cm³/mol. The van der Waals surface area contributed by atoms with Gasteiger partial charge in [-0.2, -0.15) is 0 Å². The van der Waals surface area contributed by atoms with Crippen LogP contribution in [-0.2, 0) is 5.54 Å². The van der Waals surface area contributed by atoms with Gasteiger partial charge in [0.15, 0.2) is 23.1 Å². The van der Waals surface area contributed by atoms with Crippen LogP contribution in [0, 0.1) is 15.2 Å². The van der Waals surface area contributed by atoms with Crippen molar-refractivity contribution in [3.05, 3.63) is 27.2 Å². The molecule has 6 nitrogen and oxygen atoms in total. The van der Waals surface area contributed by atoms with Crippen molar-refractivity contribution in [2.75, 3.05) is 0 Å². The summed E-state index contributed by atoms with van der Waals surface area (Å²) in [4.78, 5) is 10.7. The van der Waals surface area contributed by atoms with Gasteiger partial charge >= 0.3 is 6.09 Å². The van der Waals surface area contributed by atoms with Gasteiger partial charge in [-0.05, 0) is 36.4 Å². The molecule has 0 aliphatic heterocycles. The fourth-order valence-corrected chi connectivity index (χ4v) is 2.07. The van der Waals surface area contributed by atoms with Crippen LogP contribution >= 0.6 is 22.6 Å².